The Balaban J connectivity index is 2.47. The first kappa shape index (κ1) is 14.4. The molecule has 0 bridgehead atoms. The van der Waals surface area contributed by atoms with E-state index in [2.05, 4.69) is 17.9 Å². The van der Waals surface area contributed by atoms with Crippen LogP contribution < -0.4 is 0 Å². The number of hydrogen-bond acceptors (Lipinski definition) is 2. The van der Waals surface area contributed by atoms with Crippen LogP contribution in [-0.2, 0) is 0 Å². The molecule has 0 aromatic heterocycles. The van der Waals surface area contributed by atoms with E-state index in [-0.39, 0.29) is 0 Å². The summed E-state index contributed by atoms with van der Waals surface area (Å²) in [5.74, 6) is 0. The molecular formula is C12H21F3N2. The first-order valence-electron chi connectivity index (χ1n) is 6.13. The molecule has 0 amide bonds. The quantitative estimate of drug-likeness (QED) is 0.760. The summed E-state index contributed by atoms with van der Waals surface area (Å²) in [6.07, 6.45) is -0.192. The summed E-state index contributed by atoms with van der Waals surface area (Å²) < 4.78 is 36.8. The maximum absolute atomic E-state index is 12.3. The lowest BCUT2D eigenvalue weighted by Crippen LogP contribution is -2.37. The van der Waals surface area contributed by atoms with E-state index < -0.39 is 12.7 Å². The van der Waals surface area contributed by atoms with Crippen LogP contribution >= 0.6 is 0 Å². The van der Waals surface area contributed by atoms with Crippen molar-refractivity contribution in [3.05, 3.63) is 11.8 Å². The molecule has 1 aliphatic heterocycles. The summed E-state index contributed by atoms with van der Waals surface area (Å²) in [6, 6.07) is 0. The number of halogens is 3. The van der Waals surface area contributed by atoms with E-state index in [1.54, 1.807) is 0 Å². The Bertz CT molecular complexity index is 261. The average molecular weight is 250 g/mol. The van der Waals surface area contributed by atoms with Crippen LogP contribution in [0.1, 0.15) is 26.7 Å². The van der Waals surface area contributed by atoms with E-state index in [1.165, 1.54) is 10.6 Å². The van der Waals surface area contributed by atoms with E-state index in [9.17, 15) is 13.2 Å². The minimum Gasteiger partial charge on any atom is -0.374 e. The maximum atomic E-state index is 12.3. The van der Waals surface area contributed by atoms with Crippen molar-refractivity contribution in [2.24, 2.45) is 0 Å². The first-order valence-corrected chi connectivity index (χ1v) is 6.13. The fourth-order valence-corrected chi connectivity index (χ4v) is 2.16. The highest BCUT2D eigenvalue weighted by molar-refractivity contribution is 4.98. The second-order valence-corrected chi connectivity index (χ2v) is 4.49. The highest BCUT2D eigenvalue weighted by atomic mass is 19.4. The van der Waals surface area contributed by atoms with Crippen LogP contribution in [0, 0.1) is 0 Å². The zero-order chi connectivity index (χ0) is 12.9. The topological polar surface area (TPSA) is 6.48 Å². The second kappa shape index (κ2) is 6.28. The molecule has 0 spiro atoms. The Morgan fingerprint density at radius 3 is 2.47 bits per heavy atom. The zero-order valence-electron chi connectivity index (χ0n) is 10.6. The molecule has 5 heteroatoms. The number of allylic oxidation sites excluding steroid dienone is 2. The van der Waals surface area contributed by atoms with E-state index in [0.29, 0.717) is 19.6 Å². The monoisotopic (exact) mass is 250 g/mol. The predicted molar refractivity (Wildman–Crippen MR) is 62.7 cm³/mol. The molecule has 0 aliphatic carbocycles. The summed E-state index contributed by atoms with van der Waals surface area (Å²) in [4.78, 5) is 3.68. The average Bonchev–Trinajstić information content (AvgIpc) is 2.41. The molecule has 0 N–H and O–H groups in total. The molecule has 0 atom stereocenters. The highest BCUT2D eigenvalue weighted by Crippen LogP contribution is 2.18. The Morgan fingerprint density at radius 1 is 1.18 bits per heavy atom. The molecule has 1 saturated heterocycles. The van der Waals surface area contributed by atoms with Crippen molar-refractivity contribution in [2.75, 3.05) is 32.7 Å². The minimum absolute atomic E-state index is 0.494. The molecule has 0 aromatic rings. The summed E-state index contributed by atoms with van der Waals surface area (Å²) >= 11 is 0. The summed E-state index contributed by atoms with van der Waals surface area (Å²) in [5, 5.41) is 0. The van der Waals surface area contributed by atoms with E-state index in [0.717, 1.165) is 19.4 Å². The van der Waals surface area contributed by atoms with Crippen molar-refractivity contribution in [3.63, 3.8) is 0 Å². The standard InChI is InChI=1S/C12H21F3N2/c1-3-5-11(2)17-7-4-6-16(8-9-17)10-12(13,14)15/h5H,3-4,6-10H2,1-2H3/b11-5+. The normalized spacial score (nSPS) is 20.5. The molecule has 17 heavy (non-hydrogen) atoms. The Kier molecular flexibility index (Phi) is 5.31. The smallest absolute Gasteiger partial charge is 0.374 e. The molecule has 0 saturated carbocycles. The fraction of sp³-hybridized carbons (Fsp3) is 0.833. The third-order valence-electron chi connectivity index (χ3n) is 2.99. The van der Waals surface area contributed by atoms with Gasteiger partial charge in [0.15, 0.2) is 0 Å². The molecular weight excluding hydrogens is 229 g/mol. The molecule has 2 nitrogen and oxygen atoms in total. The lowest BCUT2D eigenvalue weighted by Gasteiger charge is -2.24. The van der Waals surface area contributed by atoms with Gasteiger partial charge in [-0.1, -0.05) is 13.0 Å². The van der Waals surface area contributed by atoms with Crippen molar-refractivity contribution in [2.45, 2.75) is 32.9 Å². The van der Waals surface area contributed by atoms with Gasteiger partial charge in [0, 0.05) is 31.9 Å². The van der Waals surface area contributed by atoms with Gasteiger partial charge < -0.3 is 4.90 Å². The maximum Gasteiger partial charge on any atom is 0.401 e. The lowest BCUT2D eigenvalue weighted by atomic mass is 10.3. The van der Waals surface area contributed by atoms with Crippen molar-refractivity contribution < 1.29 is 13.2 Å². The van der Waals surface area contributed by atoms with E-state index in [4.69, 9.17) is 0 Å². The van der Waals surface area contributed by atoms with Crippen LogP contribution in [0.2, 0.25) is 0 Å². The number of alkyl halides is 3. The van der Waals surface area contributed by atoms with E-state index >= 15 is 0 Å². The molecule has 0 aromatic carbocycles. The molecule has 1 rings (SSSR count). The van der Waals surface area contributed by atoms with Gasteiger partial charge >= 0.3 is 6.18 Å². The van der Waals surface area contributed by atoms with Crippen molar-refractivity contribution >= 4 is 0 Å². The third-order valence-corrected chi connectivity index (χ3v) is 2.99. The summed E-state index contributed by atoms with van der Waals surface area (Å²) in [7, 11) is 0. The van der Waals surface area contributed by atoms with Crippen LogP contribution in [0.5, 0.6) is 0 Å². The van der Waals surface area contributed by atoms with Crippen molar-refractivity contribution in [1.29, 1.82) is 0 Å². The first-order chi connectivity index (χ1) is 7.92. The van der Waals surface area contributed by atoms with Gasteiger partial charge in [-0.15, -0.1) is 0 Å². The Morgan fingerprint density at radius 2 is 1.88 bits per heavy atom. The van der Waals surface area contributed by atoms with Gasteiger partial charge in [0.1, 0.15) is 0 Å². The van der Waals surface area contributed by atoms with Gasteiger partial charge in [0.2, 0.25) is 0 Å². The summed E-state index contributed by atoms with van der Waals surface area (Å²) in [6.45, 7) is 5.90. The highest BCUT2D eigenvalue weighted by Gasteiger charge is 2.31. The fourth-order valence-electron chi connectivity index (χ4n) is 2.16. The number of rotatable bonds is 3. The second-order valence-electron chi connectivity index (χ2n) is 4.49. The van der Waals surface area contributed by atoms with Crippen LogP contribution in [0.4, 0.5) is 13.2 Å². The van der Waals surface area contributed by atoms with Gasteiger partial charge in [-0.25, -0.2) is 0 Å². The van der Waals surface area contributed by atoms with Gasteiger partial charge in [-0.3, -0.25) is 4.90 Å². The molecule has 1 fully saturated rings. The molecule has 100 valence electrons. The Labute approximate surface area is 101 Å². The van der Waals surface area contributed by atoms with Crippen LogP contribution in [0.15, 0.2) is 11.8 Å². The molecule has 1 heterocycles. The van der Waals surface area contributed by atoms with Crippen LogP contribution in [-0.4, -0.2) is 48.7 Å². The number of hydrogen-bond donors (Lipinski definition) is 0. The zero-order valence-corrected chi connectivity index (χ0v) is 10.6. The SMILES string of the molecule is CC/C=C(\C)N1CCCN(CC(F)(F)F)CC1. The van der Waals surface area contributed by atoms with Crippen LogP contribution in [0.25, 0.3) is 0 Å². The molecule has 0 unspecified atom stereocenters. The van der Waals surface area contributed by atoms with Crippen LogP contribution in [0.3, 0.4) is 0 Å². The largest absolute Gasteiger partial charge is 0.401 e. The van der Waals surface area contributed by atoms with Crippen molar-refractivity contribution in [3.8, 4) is 0 Å². The minimum atomic E-state index is -4.08. The number of nitrogens with zero attached hydrogens (tertiary/aromatic N) is 2. The van der Waals surface area contributed by atoms with Gasteiger partial charge in [-0.2, -0.15) is 13.2 Å². The third kappa shape index (κ3) is 5.44. The summed E-state index contributed by atoms with van der Waals surface area (Å²) in [5.41, 5.74) is 1.18. The molecule has 0 radical (unpaired) electrons. The van der Waals surface area contributed by atoms with Crippen molar-refractivity contribution in [1.82, 2.24) is 9.80 Å². The molecule has 1 aliphatic rings. The van der Waals surface area contributed by atoms with Gasteiger partial charge in [-0.05, 0) is 19.8 Å². The Hall–Kier alpha value is -0.710. The lowest BCUT2D eigenvalue weighted by molar-refractivity contribution is -0.145. The predicted octanol–water partition coefficient (Wildman–Crippen LogP) is 2.87. The van der Waals surface area contributed by atoms with E-state index in [1.807, 2.05) is 6.92 Å². The van der Waals surface area contributed by atoms with Gasteiger partial charge in [0.25, 0.3) is 0 Å². The van der Waals surface area contributed by atoms with Gasteiger partial charge in [0.05, 0.1) is 6.54 Å².